The van der Waals surface area contributed by atoms with Crippen molar-refractivity contribution >= 4 is 23.1 Å². The van der Waals surface area contributed by atoms with Gasteiger partial charge in [0, 0.05) is 6.04 Å². The van der Waals surface area contributed by atoms with Crippen LogP contribution in [0.3, 0.4) is 0 Å². The van der Waals surface area contributed by atoms with E-state index in [9.17, 15) is 4.79 Å². The van der Waals surface area contributed by atoms with Crippen molar-refractivity contribution in [2.75, 3.05) is 5.43 Å². The highest BCUT2D eigenvalue weighted by atomic mass is 16.1. The van der Waals surface area contributed by atoms with Gasteiger partial charge in [0.1, 0.15) is 6.07 Å². The van der Waals surface area contributed by atoms with Crippen molar-refractivity contribution in [1.29, 1.82) is 10.7 Å². The van der Waals surface area contributed by atoms with Crippen LogP contribution in [0.4, 0.5) is 5.69 Å². The number of nitrogens with one attached hydrogen (secondary N) is 3. The summed E-state index contributed by atoms with van der Waals surface area (Å²) in [5.74, 6) is -0.363. The van der Waals surface area contributed by atoms with Gasteiger partial charge in [0.2, 0.25) is 11.6 Å². The number of nitrogens with two attached hydrogens (primary N) is 1. The van der Waals surface area contributed by atoms with Gasteiger partial charge < -0.3 is 11.1 Å². The Morgan fingerprint density at radius 3 is 2.62 bits per heavy atom. The van der Waals surface area contributed by atoms with Crippen LogP contribution in [-0.2, 0) is 11.2 Å². The fourth-order valence-corrected chi connectivity index (χ4v) is 1.65. The summed E-state index contributed by atoms with van der Waals surface area (Å²) >= 11 is 0. The summed E-state index contributed by atoms with van der Waals surface area (Å²) in [5.41, 5.74) is 9.19. The lowest BCUT2D eigenvalue weighted by Gasteiger charge is -2.05. The van der Waals surface area contributed by atoms with Crippen molar-refractivity contribution in [2.24, 2.45) is 10.8 Å². The molecule has 5 N–H and O–H groups in total. The summed E-state index contributed by atoms with van der Waals surface area (Å²) in [5, 5.41) is 22.5. The van der Waals surface area contributed by atoms with Gasteiger partial charge in [0.15, 0.2) is 5.84 Å². The number of nitrogens with zero attached hydrogens (tertiary/aromatic N) is 2. The number of hydrogen-bond donors (Lipinski definition) is 4. The zero-order valence-corrected chi connectivity index (χ0v) is 11.4. The molecule has 1 saturated carbocycles. The molecule has 0 heterocycles. The predicted octanol–water partition coefficient (Wildman–Crippen LogP) is 0.735. The van der Waals surface area contributed by atoms with E-state index in [1.165, 1.54) is 0 Å². The zero-order chi connectivity index (χ0) is 15.2. The lowest BCUT2D eigenvalue weighted by atomic mass is 10.1. The minimum atomic E-state index is -0.390. The highest BCUT2D eigenvalue weighted by Crippen LogP contribution is 2.19. The van der Waals surface area contributed by atoms with Gasteiger partial charge in [-0.25, -0.2) is 0 Å². The maximum atomic E-state index is 11.7. The summed E-state index contributed by atoms with van der Waals surface area (Å²) in [4.78, 5) is 11.7. The summed E-state index contributed by atoms with van der Waals surface area (Å²) in [7, 11) is 0. The SMILES string of the molecule is N#C/C(=N\Nc1ccc(CC(=O)NC2CC2)cc1)C(=N)N. The first-order valence-electron chi connectivity index (χ1n) is 6.55. The van der Waals surface area contributed by atoms with Gasteiger partial charge in [0.25, 0.3) is 0 Å². The number of anilines is 1. The number of rotatable bonds is 6. The van der Waals surface area contributed by atoms with Crippen LogP contribution in [0.25, 0.3) is 0 Å². The van der Waals surface area contributed by atoms with E-state index in [2.05, 4.69) is 15.8 Å². The second-order valence-corrected chi connectivity index (χ2v) is 4.81. The quantitative estimate of drug-likeness (QED) is 0.349. The third kappa shape index (κ3) is 4.62. The molecule has 1 amide bonds. The van der Waals surface area contributed by atoms with Gasteiger partial charge in [-0.05, 0) is 30.5 Å². The molecule has 7 heteroatoms. The summed E-state index contributed by atoms with van der Waals surface area (Å²) < 4.78 is 0. The van der Waals surface area contributed by atoms with Crippen LogP contribution in [0.1, 0.15) is 18.4 Å². The van der Waals surface area contributed by atoms with E-state index in [0.29, 0.717) is 18.2 Å². The smallest absolute Gasteiger partial charge is 0.224 e. The van der Waals surface area contributed by atoms with Crippen LogP contribution in [0.2, 0.25) is 0 Å². The summed E-state index contributed by atoms with van der Waals surface area (Å²) in [6.07, 6.45) is 2.49. The van der Waals surface area contributed by atoms with E-state index in [4.69, 9.17) is 16.4 Å². The molecule has 1 aliphatic carbocycles. The van der Waals surface area contributed by atoms with E-state index in [1.54, 1.807) is 18.2 Å². The molecule has 1 aromatic rings. The molecular formula is C14H16N6O. The van der Waals surface area contributed by atoms with Gasteiger partial charge in [-0.2, -0.15) is 10.4 Å². The number of hydrogen-bond acceptors (Lipinski definition) is 5. The van der Waals surface area contributed by atoms with Crippen molar-refractivity contribution in [3.05, 3.63) is 29.8 Å². The topological polar surface area (TPSA) is 127 Å². The van der Waals surface area contributed by atoms with E-state index < -0.39 is 5.84 Å². The minimum absolute atomic E-state index is 0.0274. The molecular weight excluding hydrogens is 268 g/mol. The van der Waals surface area contributed by atoms with Gasteiger partial charge in [-0.1, -0.05) is 12.1 Å². The molecule has 1 aliphatic rings. The number of carbonyl (C=O) groups is 1. The molecule has 108 valence electrons. The average Bonchev–Trinajstić information content (AvgIpc) is 3.24. The minimum Gasteiger partial charge on any atom is -0.382 e. The molecule has 1 aromatic carbocycles. The Bertz CT molecular complexity index is 609. The molecule has 0 spiro atoms. The zero-order valence-electron chi connectivity index (χ0n) is 11.4. The van der Waals surface area contributed by atoms with Gasteiger partial charge >= 0.3 is 0 Å². The van der Waals surface area contributed by atoms with Crippen molar-refractivity contribution in [3.8, 4) is 6.07 Å². The van der Waals surface area contributed by atoms with Gasteiger partial charge in [0.05, 0.1) is 12.1 Å². The second kappa shape index (κ2) is 6.52. The van der Waals surface area contributed by atoms with Crippen LogP contribution >= 0.6 is 0 Å². The largest absolute Gasteiger partial charge is 0.382 e. The number of benzene rings is 1. The van der Waals surface area contributed by atoms with Crippen molar-refractivity contribution in [1.82, 2.24) is 5.32 Å². The van der Waals surface area contributed by atoms with Crippen LogP contribution < -0.4 is 16.5 Å². The van der Waals surface area contributed by atoms with Crippen molar-refractivity contribution in [3.63, 3.8) is 0 Å². The first kappa shape index (κ1) is 14.5. The molecule has 0 bridgehead atoms. The standard InChI is InChI=1S/C14H16N6O/c15-8-12(14(16)17)20-19-11-3-1-9(2-4-11)7-13(21)18-10-5-6-10/h1-4,10,19H,5-7H2,(H3,16,17)(H,18,21)/b20-12+. The molecule has 0 saturated heterocycles. The third-order valence-electron chi connectivity index (χ3n) is 2.92. The number of amidine groups is 1. The highest BCUT2D eigenvalue weighted by Gasteiger charge is 2.22. The van der Waals surface area contributed by atoms with Crippen molar-refractivity contribution < 1.29 is 4.79 Å². The van der Waals surface area contributed by atoms with Crippen LogP contribution in [-0.4, -0.2) is 23.5 Å². The lowest BCUT2D eigenvalue weighted by molar-refractivity contribution is -0.120. The lowest BCUT2D eigenvalue weighted by Crippen LogP contribution is -2.26. The molecule has 1 fully saturated rings. The van der Waals surface area contributed by atoms with E-state index >= 15 is 0 Å². The van der Waals surface area contributed by atoms with Crippen LogP contribution in [0.5, 0.6) is 0 Å². The van der Waals surface area contributed by atoms with E-state index in [0.717, 1.165) is 18.4 Å². The van der Waals surface area contributed by atoms with Crippen LogP contribution in [0.15, 0.2) is 29.4 Å². The molecule has 0 aromatic heterocycles. The third-order valence-corrected chi connectivity index (χ3v) is 2.92. The Morgan fingerprint density at radius 1 is 1.43 bits per heavy atom. The Labute approximate surface area is 122 Å². The Hall–Kier alpha value is -2.88. The van der Waals surface area contributed by atoms with Crippen molar-refractivity contribution in [2.45, 2.75) is 25.3 Å². The average molecular weight is 284 g/mol. The number of hydrazone groups is 1. The molecule has 0 unspecified atom stereocenters. The molecule has 2 rings (SSSR count). The predicted molar refractivity (Wildman–Crippen MR) is 79.9 cm³/mol. The number of amides is 1. The fourth-order valence-electron chi connectivity index (χ4n) is 1.65. The van der Waals surface area contributed by atoms with Gasteiger partial charge in [-0.15, -0.1) is 0 Å². The van der Waals surface area contributed by atoms with Gasteiger partial charge in [-0.3, -0.25) is 15.6 Å². The Morgan fingerprint density at radius 2 is 2.10 bits per heavy atom. The summed E-state index contributed by atoms with van der Waals surface area (Å²) in [6, 6.07) is 9.20. The van der Waals surface area contributed by atoms with E-state index in [1.807, 2.05) is 12.1 Å². The second-order valence-electron chi connectivity index (χ2n) is 4.81. The molecule has 0 aliphatic heterocycles. The summed E-state index contributed by atoms with van der Waals surface area (Å²) in [6.45, 7) is 0. The maximum absolute atomic E-state index is 11.7. The fraction of sp³-hybridized carbons (Fsp3) is 0.286. The molecule has 0 radical (unpaired) electrons. The molecule has 0 atom stereocenters. The number of carbonyl (C=O) groups excluding carboxylic acids is 1. The Balaban J connectivity index is 1.90. The molecule has 21 heavy (non-hydrogen) atoms. The number of nitriles is 1. The maximum Gasteiger partial charge on any atom is 0.224 e. The first-order valence-corrected chi connectivity index (χ1v) is 6.55. The van der Waals surface area contributed by atoms with E-state index in [-0.39, 0.29) is 11.6 Å². The monoisotopic (exact) mass is 284 g/mol. The normalized spacial score (nSPS) is 14.1. The first-order chi connectivity index (χ1) is 10.1. The highest BCUT2D eigenvalue weighted by molar-refractivity contribution is 6.45. The molecule has 7 nitrogen and oxygen atoms in total. The Kier molecular flexibility index (Phi) is 4.51. The van der Waals surface area contributed by atoms with Crippen LogP contribution in [0, 0.1) is 16.7 Å².